The molecule has 1 aromatic carbocycles. The lowest BCUT2D eigenvalue weighted by Gasteiger charge is -2.57. The Kier molecular flexibility index (Phi) is 4.79. The number of rotatable bonds is 5. The van der Waals surface area contributed by atoms with Gasteiger partial charge in [0, 0.05) is 17.3 Å². The molecule has 1 aromatic rings. The summed E-state index contributed by atoms with van der Waals surface area (Å²) >= 11 is 0. The van der Waals surface area contributed by atoms with Crippen LogP contribution in [0.5, 0.6) is 5.75 Å². The van der Waals surface area contributed by atoms with Gasteiger partial charge in [-0.1, -0.05) is 44.2 Å². The van der Waals surface area contributed by atoms with Crippen LogP contribution in [0.3, 0.4) is 0 Å². The van der Waals surface area contributed by atoms with Crippen LogP contribution in [0, 0.1) is 23.2 Å². The molecule has 1 unspecified atom stereocenters. The molecule has 0 amide bonds. The number of hydrogen-bond acceptors (Lipinski definition) is 4. The summed E-state index contributed by atoms with van der Waals surface area (Å²) in [6, 6.07) is 9.35. The third kappa shape index (κ3) is 3.01. The number of aliphatic hydroxyl groups excluding tert-OH is 2. The van der Waals surface area contributed by atoms with E-state index in [0.717, 1.165) is 6.42 Å². The highest BCUT2D eigenvalue weighted by atomic mass is 16.5. The van der Waals surface area contributed by atoms with Gasteiger partial charge in [-0.3, -0.25) is 4.79 Å². The number of hydrogen-bond donors (Lipinski definition) is 2. The van der Waals surface area contributed by atoms with Gasteiger partial charge in [-0.05, 0) is 30.9 Å². The third-order valence-corrected chi connectivity index (χ3v) is 5.79. The van der Waals surface area contributed by atoms with Crippen molar-refractivity contribution in [3.8, 4) is 5.75 Å². The van der Waals surface area contributed by atoms with Crippen molar-refractivity contribution in [1.82, 2.24) is 0 Å². The number of carbonyl (C=O) groups is 1. The van der Waals surface area contributed by atoms with E-state index in [1.807, 2.05) is 50.3 Å². The zero-order chi connectivity index (χ0) is 17.3. The van der Waals surface area contributed by atoms with Gasteiger partial charge in [-0.25, -0.2) is 0 Å². The summed E-state index contributed by atoms with van der Waals surface area (Å²) in [6.07, 6.45) is 3.78. The molecule has 2 fully saturated rings. The van der Waals surface area contributed by atoms with Crippen LogP contribution < -0.4 is 4.74 Å². The Bertz CT molecular complexity index is 611. The smallest absolute Gasteiger partial charge is 0.142 e. The molecule has 0 radical (unpaired) electrons. The Morgan fingerprint density at radius 1 is 1.38 bits per heavy atom. The molecule has 2 N–H and O–H groups in total. The molecule has 0 spiro atoms. The fraction of sp³-hybridized carbons (Fsp3) is 0.550. The van der Waals surface area contributed by atoms with Crippen LogP contribution in [0.1, 0.15) is 26.7 Å². The zero-order valence-corrected chi connectivity index (χ0v) is 14.3. The SMILES string of the molecule is CC1C(=O)[C@@]2(C)CC[C@@H](O)[C@H](/C=C/[C@H](O)COc3ccccc3)[C@@H]12. The Morgan fingerprint density at radius 3 is 2.79 bits per heavy atom. The lowest BCUT2D eigenvalue weighted by Crippen LogP contribution is -2.62. The van der Waals surface area contributed by atoms with Crippen molar-refractivity contribution in [2.24, 2.45) is 23.2 Å². The molecule has 0 bridgehead atoms. The van der Waals surface area contributed by atoms with E-state index in [9.17, 15) is 15.0 Å². The van der Waals surface area contributed by atoms with Crippen molar-refractivity contribution in [2.75, 3.05) is 6.61 Å². The van der Waals surface area contributed by atoms with Crippen LogP contribution in [0.2, 0.25) is 0 Å². The summed E-state index contributed by atoms with van der Waals surface area (Å²) in [5, 5.41) is 20.5. The predicted molar refractivity (Wildman–Crippen MR) is 91.6 cm³/mol. The molecule has 0 heterocycles. The second-order valence-corrected chi connectivity index (χ2v) is 7.36. The van der Waals surface area contributed by atoms with E-state index in [-0.39, 0.29) is 29.8 Å². The van der Waals surface area contributed by atoms with Gasteiger partial charge in [0.25, 0.3) is 0 Å². The van der Waals surface area contributed by atoms with Crippen molar-refractivity contribution in [1.29, 1.82) is 0 Å². The van der Waals surface area contributed by atoms with Crippen LogP contribution in [0.15, 0.2) is 42.5 Å². The Morgan fingerprint density at radius 2 is 2.08 bits per heavy atom. The third-order valence-electron chi connectivity index (χ3n) is 5.79. The summed E-state index contributed by atoms with van der Waals surface area (Å²) in [5.74, 6) is 1.09. The van der Waals surface area contributed by atoms with Crippen molar-refractivity contribution in [3.05, 3.63) is 42.5 Å². The molecule has 0 saturated heterocycles. The first-order valence-corrected chi connectivity index (χ1v) is 8.70. The first-order chi connectivity index (χ1) is 11.4. The maximum absolute atomic E-state index is 12.2. The highest BCUT2D eigenvalue weighted by molar-refractivity contribution is 5.93. The average molecular weight is 330 g/mol. The van der Waals surface area contributed by atoms with Crippen molar-refractivity contribution < 1.29 is 19.7 Å². The zero-order valence-electron chi connectivity index (χ0n) is 14.3. The lowest BCUT2D eigenvalue weighted by atomic mass is 9.45. The molecule has 4 heteroatoms. The van der Waals surface area contributed by atoms with Gasteiger partial charge in [-0.2, -0.15) is 0 Å². The molecule has 2 aliphatic carbocycles. The number of fused-ring (bicyclic) bond motifs is 1. The van der Waals surface area contributed by atoms with E-state index in [4.69, 9.17) is 4.74 Å². The predicted octanol–water partition coefficient (Wildman–Crippen LogP) is 2.59. The van der Waals surface area contributed by atoms with Gasteiger partial charge in [0.15, 0.2) is 0 Å². The minimum Gasteiger partial charge on any atom is -0.491 e. The second-order valence-electron chi connectivity index (χ2n) is 7.36. The second kappa shape index (κ2) is 6.69. The van der Waals surface area contributed by atoms with E-state index in [2.05, 4.69) is 0 Å². The molecule has 0 aromatic heterocycles. The van der Waals surface area contributed by atoms with Crippen LogP contribution >= 0.6 is 0 Å². The molecule has 24 heavy (non-hydrogen) atoms. The molecule has 2 saturated carbocycles. The minimum atomic E-state index is -0.739. The van der Waals surface area contributed by atoms with Crippen LogP contribution in [-0.4, -0.2) is 34.8 Å². The topological polar surface area (TPSA) is 66.8 Å². The largest absolute Gasteiger partial charge is 0.491 e. The first kappa shape index (κ1) is 17.2. The quantitative estimate of drug-likeness (QED) is 0.815. The van der Waals surface area contributed by atoms with E-state index in [0.29, 0.717) is 18.0 Å². The monoisotopic (exact) mass is 330 g/mol. The summed E-state index contributed by atoms with van der Waals surface area (Å²) in [7, 11) is 0. The summed E-state index contributed by atoms with van der Waals surface area (Å²) in [6.45, 7) is 4.13. The highest BCUT2D eigenvalue weighted by Crippen LogP contribution is 2.58. The fourth-order valence-corrected chi connectivity index (χ4v) is 4.49. The molecule has 0 aliphatic heterocycles. The normalized spacial score (nSPS) is 36.9. The molecule has 130 valence electrons. The number of Topliss-reactive ketones (excluding diaryl/α,β-unsaturated/α-hetero) is 1. The average Bonchev–Trinajstić information content (AvgIpc) is 2.60. The Balaban J connectivity index is 1.61. The van der Waals surface area contributed by atoms with Gasteiger partial charge in [-0.15, -0.1) is 0 Å². The number of ether oxygens (including phenoxy) is 1. The van der Waals surface area contributed by atoms with Crippen molar-refractivity contribution >= 4 is 5.78 Å². The summed E-state index contributed by atoms with van der Waals surface area (Å²) in [4.78, 5) is 12.2. The van der Waals surface area contributed by atoms with Gasteiger partial charge in [0.1, 0.15) is 24.2 Å². The first-order valence-electron chi connectivity index (χ1n) is 8.70. The van der Waals surface area contributed by atoms with Crippen LogP contribution in [0.25, 0.3) is 0 Å². The van der Waals surface area contributed by atoms with E-state index >= 15 is 0 Å². The maximum Gasteiger partial charge on any atom is 0.142 e. The molecule has 2 aliphatic rings. The summed E-state index contributed by atoms with van der Waals surface area (Å²) in [5.41, 5.74) is -0.306. The lowest BCUT2D eigenvalue weighted by molar-refractivity contribution is -0.170. The molecule has 4 nitrogen and oxygen atoms in total. The van der Waals surface area contributed by atoms with Crippen molar-refractivity contribution in [2.45, 2.75) is 38.9 Å². The number of aliphatic hydroxyl groups is 2. The van der Waals surface area contributed by atoms with Crippen LogP contribution in [-0.2, 0) is 4.79 Å². The number of para-hydroxylation sites is 1. The fourth-order valence-electron chi connectivity index (χ4n) is 4.49. The van der Waals surface area contributed by atoms with Crippen molar-refractivity contribution in [3.63, 3.8) is 0 Å². The summed E-state index contributed by atoms with van der Waals surface area (Å²) < 4.78 is 5.54. The van der Waals surface area contributed by atoms with E-state index < -0.39 is 12.2 Å². The maximum atomic E-state index is 12.2. The van der Waals surface area contributed by atoms with Gasteiger partial charge >= 0.3 is 0 Å². The number of benzene rings is 1. The van der Waals surface area contributed by atoms with E-state index in [1.165, 1.54) is 0 Å². The van der Waals surface area contributed by atoms with Gasteiger partial charge in [0.2, 0.25) is 0 Å². The number of carbonyl (C=O) groups excluding carboxylic acids is 1. The van der Waals surface area contributed by atoms with Gasteiger partial charge < -0.3 is 14.9 Å². The molecule has 6 atom stereocenters. The van der Waals surface area contributed by atoms with E-state index in [1.54, 1.807) is 6.08 Å². The molecular formula is C20H26O4. The van der Waals surface area contributed by atoms with Crippen LogP contribution in [0.4, 0.5) is 0 Å². The molecule has 3 rings (SSSR count). The molecular weight excluding hydrogens is 304 g/mol. The highest BCUT2D eigenvalue weighted by Gasteiger charge is 2.61. The minimum absolute atomic E-state index is 0.0164. The number of ketones is 1. The standard InChI is InChI=1S/C20H26O4/c1-13-18-16(17(22)10-11-20(18,2)19(13)23)9-8-14(21)12-24-15-6-4-3-5-7-15/h3-9,13-14,16-18,21-22H,10-12H2,1-2H3/b9-8+/t13?,14-,16-,17+,18+,20-/m0/s1. The van der Waals surface area contributed by atoms with Gasteiger partial charge in [0.05, 0.1) is 6.10 Å². The Labute approximate surface area is 143 Å². The Hall–Kier alpha value is -1.65.